The number of nitrogens with one attached hydrogen (secondary N) is 1. The summed E-state index contributed by atoms with van der Waals surface area (Å²) in [7, 11) is 0. The van der Waals surface area contributed by atoms with Crippen molar-refractivity contribution in [2.45, 2.75) is 19.0 Å². The molecule has 1 N–H and O–H groups in total. The fraction of sp³-hybridized carbons (Fsp3) is 0.167. The summed E-state index contributed by atoms with van der Waals surface area (Å²) in [5, 5.41) is 11.4. The van der Waals surface area contributed by atoms with E-state index >= 15 is 0 Å². The number of carbonyl (C=O) groups excluding carboxylic acids is 2. The number of amides is 3. The number of rotatable bonds is 3. The summed E-state index contributed by atoms with van der Waals surface area (Å²) in [6, 6.07) is 10.4. The SMILES string of the molecule is C[C@]1(c2ccc(C#N)cc2)NC(=O)N(Cc2cc(F)ccc2F)C1=O. The summed E-state index contributed by atoms with van der Waals surface area (Å²) in [4.78, 5) is 25.8. The molecule has 1 saturated heterocycles. The topological polar surface area (TPSA) is 73.2 Å². The van der Waals surface area contributed by atoms with Gasteiger partial charge in [0.15, 0.2) is 0 Å². The molecule has 126 valence electrons. The molecule has 1 heterocycles. The Hall–Kier alpha value is -3.27. The molecule has 0 bridgehead atoms. The third-order valence-corrected chi connectivity index (χ3v) is 4.20. The van der Waals surface area contributed by atoms with Crippen LogP contribution in [0.5, 0.6) is 0 Å². The first-order valence-corrected chi connectivity index (χ1v) is 7.44. The van der Waals surface area contributed by atoms with Crippen molar-refractivity contribution in [1.29, 1.82) is 5.26 Å². The molecule has 2 aromatic rings. The van der Waals surface area contributed by atoms with Gasteiger partial charge < -0.3 is 5.32 Å². The molecule has 3 rings (SSSR count). The van der Waals surface area contributed by atoms with Crippen LogP contribution in [-0.4, -0.2) is 16.8 Å². The second-order valence-corrected chi connectivity index (χ2v) is 5.87. The van der Waals surface area contributed by atoms with E-state index < -0.39 is 29.1 Å². The number of hydrogen-bond acceptors (Lipinski definition) is 3. The highest BCUT2D eigenvalue weighted by atomic mass is 19.1. The first-order chi connectivity index (χ1) is 11.8. The second kappa shape index (κ2) is 5.98. The van der Waals surface area contributed by atoms with Crippen LogP contribution in [0.15, 0.2) is 42.5 Å². The lowest BCUT2D eigenvalue weighted by molar-refractivity contribution is -0.131. The quantitative estimate of drug-likeness (QED) is 0.873. The number of nitriles is 1. The largest absolute Gasteiger partial charge is 0.325 e. The molecule has 1 fully saturated rings. The van der Waals surface area contributed by atoms with E-state index in [1.54, 1.807) is 12.1 Å². The maximum Gasteiger partial charge on any atom is 0.325 e. The van der Waals surface area contributed by atoms with Gasteiger partial charge in [0.2, 0.25) is 0 Å². The Balaban J connectivity index is 1.91. The van der Waals surface area contributed by atoms with E-state index in [0.717, 1.165) is 23.1 Å². The van der Waals surface area contributed by atoms with Gasteiger partial charge in [0.25, 0.3) is 5.91 Å². The van der Waals surface area contributed by atoms with Crippen molar-refractivity contribution in [2.75, 3.05) is 0 Å². The van der Waals surface area contributed by atoms with Crippen molar-refractivity contribution < 1.29 is 18.4 Å². The average molecular weight is 341 g/mol. The second-order valence-electron chi connectivity index (χ2n) is 5.87. The van der Waals surface area contributed by atoms with Crippen molar-refractivity contribution in [3.8, 4) is 6.07 Å². The summed E-state index contributed by atoms with van der Waals surface area (Å²) in [5.41, 5.74) is -0.517. The Morgan fingerprint density at radius 3 is 2.48 bits per heavy atom. The number of urea groups is 1. The van der Waals surface area contributed by atoms with E-state index in [0.29, 0.717) is 11.1 Å². The minimum Gasteiger partial charge on any atom is -0.319 e. The van der Waals surface area contributed by atoms with Crippen LogP contribution in [0.4, 0.5) is 13.6 Å². The van der Waals surface area contributed by atoms with Gasteiger partial charge in [-0.3, -0.25) is 9.69 Å². The summed E-state index contributed by atoms with van der Waals surface area (Å²) in [6.07, 6.45) is 0. The molecule has 0 aliphatic carbocycles. The van der Waals surface area contributed by atoms with Crippen LogP contribution < -0.4 is 5.32 Å². The van der Waals surface area contributed by atoms with E-state index in [1.165, 1.54) is 19.1 Å². The minimum atomic E-state index is -1.34. The number of hydrogen-bond donors (Lipinski definition) is 1. The Labute approximate surface area is 142 Å². The highest BCUT2D eigenvalue weighted by Crippen LogP contribution is 2.30. The molecule has 1 atom stereocenters. The molecule has 3 amide bonds. The summed E-state index contributed by atoms with van der Waals surface area (Å²) < 4.78 is 27.1. The van der Waals surface area contributed by atoms with Crippen LogP contribution in [0, 0.1) is 23.0 Å². The summed E-state index contributed by atoms with van der Waals surface area (Å²) in [6.45, 7) is 1.15. The monoisotopic (exact) mass is 341 g/mol. The van der Waals surface area contributed by atoms with Gasteiger partial charge in [0.1, 0.15) is 17.2 Å². The summed E-state index contributed by atoms with van der Waals surface area (Å²) >= 11 is 0. The van der Waals surface area contributed by atoms with Crippen molar-refractivity contribution in [3.05, 3.63) is 70.8 Å². The fourth-order valence-corrected chi connectivity index (χ4v) is 2.75. The smallest absolute Gasteiger partial charge is 0.319 e. The number of halogens is 2. The van der Waals surface area contributed by atoms with E-state index in [-0.39, 0.29) is 12.1 Å². The standard InChI is InChI=1S/C18H13F2N3O2/c1-18(13-4-2-11(9-21)3-5-13)16(24)23(17(25)22-18)10-12-8-14(19)6-7-15(12)20/h2-8H,10H2,1H3,(H,22,25)/t18-/m1/s1. The molecule has 7 heteroatoms. The molecule has 1 aliphatic rings. The van der Waals surface area contributed by atoms with Gasteiger partial charge in [-0.15, -0.1) is 0 Å². The highest BCUT2D eigenvalue weighted by Gasteiger charge is 2.49. The van der Waals surface area contributed by atoms with Crippen molar-refractivity contribution in [1.82, 2.24) is 10.2 Å². The first kappa shape index (κ1) is 16.6. The molecule has 0 spiro atoms. The first-order valence-electron chi connectivity index (χ1n) is 7.44. The maximum atomic E-state index is 13.8. The van der Waals surface area contributed by atoms with Crippen LogP contribution in [0.1, 0.15) is 23.6 Å². The molecule has 0 unspecified atom stereocenters. The predicted molar refractivity (Wildman–Crippen MR) is 83.9 cm³/mol. The van der Waals surface area contributed by atoms with Crippen LogP contribution in [0.2, 0.25) is 0 Å². The van der Waals surface area contributed by atoms with E-state index in [9.17, 15) is 18.4 Å². The third-order valence-electron chi connectivity index (χ3n) is 4.20. The molecule has 0 radical (unpaired) electrons. The van der Waals surface area contributed by atoms with Gasteiger partial charge in [-0.2, -0.15) is 5.26 Å². The molecule has 25 heavy (non-hydrogen) atoms. The Kier molecular flexibility index (Phi) is 3.97. The molecular weight excluding hydrogens is 328 g/mol. The lowest BCUT2D eigenvalue weighted by atomic mass is 9.91. The maximum absolute atomic E-state index is 13.8. The lowest BCUT2D eigenvalue weighted by Crippen LogP contribution is -2.40. The molecule has 1 aliphatic heterocycles. The molecular formula is C18H13F2N3O2. The van der Waals surface area contributed by atoms with Crippen molar-refractivity contribution in [3.63, 3.8) is 0 Å². The molecule has 0 aromatic heterocycles. The van der Waals surface area contributed by atoms with Crippen LogP contribution in [0.3, 0.4) is 0 Å². The normalized spacial score (nSPS) is 19.7. The zero-order valence-corrected chi connectivity index (χ0v) is 13.2. The molecule has 2 aromatic carbocycles. The predicted octanol–water partition coefficient (Wildman–Crippen LogP) is 2.80. The van der Waals surface area contributed by atoms with Gasteiger partial charge in [-0.25, -0.2) is 13.6 Å². The highest BCUT2D eigenvalue weighted by molar-refractivity contribution is 6.07. The van der Waals surface area contributed by atoms with Gasteiger partial charge in [0.05, 0.1) is 18.2 Å². The van der Waals surface area contributed by atoms with Gasteiger partial charge in [0, 0.05) is 5.56 Å². The van der Waals surface area contributed by atoms with E-state index in [4.69, 9.17) is 5.26 Å². The molecule has 0 saturated carbocycles. The number of imide groups is 1. The lowest BCUT2D eigenvalue weighted by Gasteiger charge is -2.22. The Morgan fingerprint density at radius 1 is 1.16 bits per heavy atom. The van der Waals surface area contributed by atoms with Crippen molar-refractivity contribution in [2.24, 2.45) is 0 Å². The van der Waals surface area contributed by atoms with Gasteiger partial charge >= 0.3 is 6.03 Å². The van der Waals surface area contributed by atoms with Crippen LogP contribution >= 0.6 is 0 Å². The Bertz CT molecular complexity index is 906. The minimum absolute atomic E-state index is 0.0902. The van der Waals surface area contributed by atoms with Crippen LogP contribution in [0.25, 0.3) is 0 Å². The summed E-state index contributed by atoms with van der Waals surface area (Å²) in [5.74, 6) is -1.93. The zero-order valence-electron chi connectivity index (χ0n) is 13.2. The van der Waals surface area contributed by atoms with Crippen molar-refractivity contribution >= 4 is 11.9 Å². The number of nitrogens with zero attached hydrogens (tertiary/aromatic N) is 2. The molecule has 5 nitrogen and oxygen atoms in total. The van der Waals surface area contributed by atoms with E-state index in [1.807, 2.05) is 6.07 Å². The Morgan fingerprint density at radius 2 is 1.84 bits per heavy atom. The number of carbonyl (C=O) groups is 2. The van der Waals surface area contributed by atoms with Gasteiger partial charge in [-0.05, 0) is 42.8 Å². The number of benzene rings is 2. The van der Waals surface area contributed by atoms with Gasteiger partial charge in [-0.1, -0.05) is 12.1 Å². The zero-order chi connectivity index (χ0) is 18.2. The van der Waals surface area contributed by atoms with E-state index in [2.05, 4.69) is 5.32 Å². The third kappa shape index (κ3) is 2.83. The van der Waals surface area contributed by atoms with Crippen LogP contribution in [-0.2, 0) is 16.9 Å². The average Bonchev–Trinajstić information content (AvgIpc) is 2.82. The fourth-order valence-electron chi connectivity index (χ4n) is 2.75.